The van der Waals surface area contributed by atoms with Crippen molar-refractivity contribution >= 4 is 17.5 Å². The zero-order valence-electron chi connectivity index (χ0n) is 12.5. The van der Waals surface area contributed by atoms with Crippen LogP contribution in [-0.4, -0.2) is 18.5 Å². The van der Waals surface area contributed by atoms with E-state index in [-0.39, 0.29) is 5.91 Å². The largest absolute Gasteiger partial charge is 0.355 e. The number of carbonyl (C=O) groups excluding carboxylic acids is 1. The molecule has 0 aliphatic rings. The average molecular weight is 317 g/mol. The zero-order valence-corrected chi connectivity index (χ0v) is 13.2. The minimum absolute atomic E-state index is 0.108. The molecule has 0 saturated carbocycles. The summed E-state index contributed by atoms with van der Waals surface area (Å²) in [6.45, 7) is 0.641. The topological polar surface area (TPSA) is 55.1 Å². The molecule has 0 aliphatic heterocycles. The average Bonchev–Trinajstić information content (AvgIpc) is 2.54. The quantitative estimate of drug-likeness (QED) is 0.772. The Labute approximate surface area is 136 Å². The van der Waals surface area contributed by atoms with Gasteiger partial charge in [-0.15, -0.1) is 0 Å². The molecule has 2 rings (SSSR count). The first-order chi connectivity index (χ1) is 10.6. The third kappa shape index (κ3) is 5.51. The van der Waals surface area contributed by atoms with Crippen molar-refractivity contribution in [2.24, 2.45) is 5.73 Å². The molecule has 0 aliphatic carbocycles. The highest BCUT2D eigenvalue weighted by Crippen LogP contribution is 2.10. The highest BCUT2D eigenvalue weighted by molar-refractivity contribution is 6.30. The van der Waals surface area contributed by atoms with Crippen LogP contribution in [0.4, 0.5) is 0 Å². The number of rotatable bonds is 7. The lowest BCUT2D eigenvalue weighted by Crippen LogP contribution is -2.42. The Bertz CT molecular complexity index is 584. The van der Waals surface area contributed by atoms with Gasteiger partial charge in [0.15, 0.2) is 0 Å². The van der Waals surface area contributed by atoms with E-state index in [9.17, 15) is 4.79 Å². The molecular weight excluding hydrogens is 296 g/mol. The predicted octanol–water partition coefficient (Wildman–Crippen LogP) is 2.96. The lowest BCUT2D eigenvalue weighted by atomic mass is 10.1. The van der Waals surface area contributed by atoms with Crippen molar-refractivity contribution < 1.29 is 4.79 Å². The first kappa shape index (κ1) is 16.5. The molecule has 22 heavy (non-hydrogen) atoms. The Kier molecular flexibility index (Phi) is 6.44. The predicted molar refractivity (Wildman–Crippen MR) is 90.9 cm³/mol. The molecule has 116 valence electrons. The summed E-state index contributed by atoms with van der Waals surface area (Å²) in [4.78, 5) is 12.0. The number of aryl methyl sites for hydroxylation is 1. The highest BCUT2D eigenvalue weighted by atomic mass is 35.5. The van der Waals surface area contributed by atoms with E-state index < -0.39 is 6.04 Å². The van der Waals surface area contributed by atoms with Crippen molar-refractivity contribution in [2.75, 3.05) is 6.54 Å². The highest BCUT2D eigenvalue weighted by Gasteiger charge is 2.13. The van der Waals surface area contributed by atoms with E-state index in [0.29, 0.717) is 18.0 Å². The minimum Gasteiger partial charge on any atom is -0.355 e. The van der Waals surface area contributed by atoms with Crippen LogP contribution in [0.2, 0.25) is 5.02 Å². The van der Waals surface area contributed by atoms with Crippen LogP contribution in [0.5, 0.6) is 0 Å². The van der Waals surface area contributed by atoms with Crippen LogP contribution in [-0.2, 0) is 17.6 Å². The number of halogens is 1. The van der Waals surface area contributed by atoms with Crippen LogP contribution in [0.25, 0.3) is 0 Å². The molecule has 0 aromatic heterocycles. The van der Waals surface area contributed by atoms with Crippen LogP contribution in [0.15, 0.2) is 54.6 Å². The van der Waals surface area contributed by atoms with Gasteiger partial charge in [0.25, 0.3) is 0 Å². The summed E-state index contributed by atoms with van der Waals surface area (Å²) in [7, 11) is 0. The summed E-state index contributed by atoms with van der Waals surface area (Å²) < 4.78 is 0. The number of nitrogens with one attached hydrogen (secondary N) is 1. The molecule has 1 atom stereocenters. The van der Waals surface area contributed by atoms with Crippen LogP contribution >= 0.6 is 11.6 Å². The fourth-order valence-corrected chi connectivity index (χ4v) is 2.37. The molecule has 0 bridgehead atoms. The summed E-state index contributed by atoms with van der Waals surface area (Å²) >= 11 is 5.84. The maximum atomic E-state index is 12.0. The van der Waals surface area contributed by atoms with Crippen molar-refractivity contribution in [1.82, 2.24) is 5.32 Å². The monoisotopic (exact) mass is 316 g/mol. The van der Waals surface area contributed by atoms with Crippen molar-refractivity contribution in [3.8, 4) is 0 Å². The maximum absolute atomic E-state index is 12.0. The molecule has 1 amide bonds. The van der Waals surface area contributed by atoms with Gasteiger partial charge in [0.1, 0.15) is 0 Å². The molecule has 3 N–H and O–H groups in total. The third-order valence-electron chi connectivity index (χ3n) is 3.49. The van der Waals surface area contributed by atoms with Crippen LogP contribution in [0, 0.1) is 0 Å². The van der Waals surface area contributed by atoms with Crippen LogP contribution in [0.3, 0.4) is 0 Å². The normalized spacial score (nSPS) is 11.9. The second-order valence-corrected chi connectivity index (χ2v) is 5.75. The summed E-state index contributed by atoms with van der Waals surface area (Å²) in [5.74, 6) is -0.108. The first-order valence-electron chi connectivity index (χ1n) is 7.47. The number of benzene rings is 2. The number of amides is 1. The maximum Gasteiger partial charge on any atom is 0.237 e. The van der Waals surface area contributed by atoms with Gasteiger partial charge in [0.2, 0.25) is 5.91 Å². The van der Waals surface area contributed by atoms with Crippen molar-refractivity contribution in [2.45, 2.75) is 25.3 Å². The van der Waals surface area contributed by atoms with Crippen molar-refractivity contribution in [1.29, 1.82) is 0 Å². The Hall–Kier alpha value is -1.84. The summed E-state index contributed by atoms with van der Waals surface area (Å²) in [5, 5.41) is 3.58. The lowest BCUT2D eigenvalue weighted by molar-refractivity contribution is -0.122. The minimum atomic E-state index is -0.530. The summed E-state index contributed by atoms with van der Waals surface area (Å²) in [5.41, 5.74) is 8.23. The molecule has 3 nitrogen and oxygen atoms in total. The number of hydrogen-bond acceptors (Lipinski definition) is 2. The van der Waals surface area contributed by atoms with Crippen LogP contribution < -0.4 is 11.1 Å². The number of nitrogens with two attached hydrogens (primary N) is 1. The fraction of sp³-hybridized carbons (Fsp3) is 0.278. The second-order valence-electron chi connectivity index (χ2n) is 5.32. The molecule has 0 fully saturated rings. The molecule has 0 spiro atoms. The van der Waals surface area contributed by atoms with Crippen molar-refractivity contribution in [3.63, 3.8) is 0 Å². The van der Waals surface area contributed by atoms with Gasteiger partial charge < -0.3 is 11.1 Å². The molecule has 2 aromatic carbocycles. The fourth-order valence-electron chi connectivity index (χ4n) is 2.25. The molecule has 0 saturated heterocycles. The van der Waals surface area contributed by atoms with E-state index in [4.69, 9.17) is 17.3 Å². The van der Waals surface area contributed by atoms with E-state index in [2.05, 4.69) is 17.4 Å². The number of carbonyl (C=O) groups is 1. The molecular formula is C18H21ClN2O. The number of hydrogen-bond donors (Lipinski definition) is 2. The Morgan fingerprint density at radius 3 is 2.41 bits per heavy atom. The zero-order chi connectivity index (χ0) is 15.8. The van der Waals surface area contributed by atoms with Gasteiger partial charge >= 0.3 is 0 Å². The Morgan fingerprint density at radius 2 is 1.73 bits per heavy atom. The lowest BCUT2D eigenvalue weighted by Gasteiger charge is -2.12. The van der Waals surface area contributed by atoms with Crippen LogP contribution in [0.1, 0.15) is 17.5 Å². The molecule has 0 heterocycles. The Morgan fingerprint density at radius 1 is 1.05 bits per heavy atom. The summed E-state index contributed by atoms with van der Waals surface area (Å²) in [6, 6.07) is 17.1. The van der Waals surface area contributed by atoms with Gasteiger partial charge in [-0.1, -0.05) is 54.1 Å². The SMILES string of the molecule is NC(Cc1ccc(Cl)cc1)C(=O)NCCCc1ccccc1. The van der Waals surface area contributed by atoms with E-state index in [1.165, 1.54) is 5.56 Å². The standard InChI is InChI=1S/C18H21ClN2O/c19-16-10-8-15(9-11-16)13-17(20)18(22)21-12-4-7-14-5-2-1-3-6-14/h1-3,5-6,8-11,17H,4,7,12-13,20H2,(H,21,22). The first-order valence-corrected chi connectivity index (χ1v) is 7.84. The molecule has 1 unspecified atom stereocenters. The smallest absolute Gasteiger partial charge is 0.237 e. The third-order valence-corrected chi connectivity index (χ3v) is 3.74. The Balaban J connectivity index is 1.69. The van der Waals surface area contributed by atoms with E-state index in [0.717, 1.165) is 18.4 Å². The van der Waals surface area contributed by atoms with Gasteiger partial charge in [-0.05, 0) is 42.5 Å². The molecule has 0 radical (unpaired) electrons. The van der Waals surface area contributed by atoms with E-state index in [1.54, 1.807) is 12.1 Å². The van der Waals surface area contributed by atoms with E-state index in [1.807, 2.05) is 30.3 Å². The molecule has 2 aromatic rings. The van der Waals surface area contributed by atoms with Gasteiger partial charge in [-0.25, -0.2) is 0 Å². The van der Waals surface area contributed by atoms with Crippen molar-refractivity contribution in [3.05, 3.63) is 70.7 Å². The molecule has 4 heteroatoms. The van der Waals surface area contributed by atoms with Gasteiger partial charge in [-0.2, -0.15) is 0 Å². The van der Waals surface area contributed by atoms with Gasteiger partial charge in [-0.3, -0.25) is 4.79 Å². The van der Waals surface area contributed by atoms with E-state index >= 15 is 0 Å². The summed E-state index contributed by atoms with van der Waals surface area (Å²) in [6.07, 6.45) is 2.37. The second kappa shape index (κ2) is 8.57. The van der Waals surface area contributed by atoms with Gasteiger partial charge in [0.05, 0.1) is 6.04 Å². The van der Waals surface area contributed by atoms with Gasteiger partial charge in [0, 0.05) is 11.6 Å².